The molecule has 0 aliphatic heterocycles. The highest BCUT2D eigenvalue weighted by Crippen LogP contribution is 2.39. The van der Waals surface area contributed by atoms with Crippen LogP contribution in [0.2, 0.25) is 0 Å². The first-order valence-corrected chi connectivity index (χ1v) is 8.57. The molecule has 2 aromatic rings. The Balaban J connectivity index is 1.76. The smallest absolute Gasteiger partial charge is 0.191 e. The molecule has 1 aliphatic rings. The minimum absolute atomic E-state index is 0.455. The second kappa shape index (κ2) is 6.19. The van der Waals surface area contributed by atoms with Crippen molar-refractivity contribution in [1.29, 1.82) is 0 Å². The summed E-state index contributed by atoms with van der Waals surface area (Å²) < 4.78 is 4.30. The van der Waals surface area contributed by atoms with Crippen molar-refractivity contribution in [2.45, 2.75) is 63.2 Å². The van der Waals surface area contributed by atoms with Gasteiger partial charge in [0.25, 0.3) is 0 Å². The number of aryl methyl sites for hydroxylation is 2. The Morgan fingerprint density at radius 3 is 2.76 bits per heavy atom. The Bertz CT molecular complexity index is 613. The van der Waals surface area contributed by atoms with Crippen LogP contribution < -0.4 is 5.73 Å². The fourth-order valence-electron chi connectivity index (χ4n) is 2.46. The highest BCUT2D eigenvalue weighted by atomic mass is 32.2. The summed E-state index contributed by atoms with van der Waals surface area (Å²) >= 11 is 1.73. The fraction of sp³-hybridized carbons (Fsp3) is 0.643. The summed E-state index contributed by atoms with van der Waals surface area (Å²) in [6.45, 7) is 5.62. The Morgan fingerprint density at radius 2 is 2.14 bits per heavy atom. The number of aromatic nitrogens is 5. The molecule has 7 heteroatoms. The maximum atomic E-state index is 5.76. The van der Waals surface area contributed by atoms with Crippen LogP contribution in [0.3, 0.4) is 0 Å². The number of nitrogens with zero attached hydrogens (tertiary/aromatic N) is 5. The first-order valence-electron chi connectivity index (χ1n) is 7.59. The van der Waals surface area contributed by atoms with E-state index >= 15 is 0 Å². The third-order valence-corrected chi connectivity index (χ3v) is 4.73. The lowest BCUT2D eigenvalue weighted by atomic mass is 10.3. The molecule has 2 heterocycles. The van der Waals surface area contributed by atoms with E-state index in [4.69, 9.17) is 5.73 Å². The second-order valence-electron chi connectivity index (χ2n) is 5.29. The monoisotopic (exact) mass is 306 g/mol. The summed E-state index contributed by atoms with van der Waals surface area (Å²) in [5.41, 5.74) is 8.16. The molecular weight excluding hydrogens is 284 g/mol. The molecule has 0 amide bonds. The van der Waals surface area contributed by atoms with E-state index in [0.717, 1.165) is 35.4 Å². The van der Waals surface area contributed by atoms with E-state index in [9.17, 15) is 0 Å². The highest BCUT2D eigenvalue weighted by Gasteiger charge is 2.29. The van der Waals surface area contributed by atoms with Crippen LogP contribution in [-0.2, 0) is 25.3 Å². The molecule has 1 aliphatic carbocycles. The van der Waals surface area contributed by atoms with Gasteiger partial charge in [0.1, 0.15) is 5.82 Å². The van der Waals surface area contributed by atoms with Crippen molar-refractivity contribution in [1.82, 2.24) is 24.5 Å². The lowest BCUT2D eigenvalue weighted by Gasteiger charge is -2.08. The van der Waals surface area contributed by atoms with Crippen LogP contribution in [0.1, 0.15) is 49.9 Å². The van der Waals surface area contributed by atoms with Crippen molar-refractivity contribution in [3.8, 4) is 0 Å². The minimum atomic E-state index is 0.455. The molecule has 114 valence electrons. The maximum Gasteiger partial charge on any atom is 0.191 e. The minimum Gasteiger partial charge on any atom is -0.324 e. The van der Waals surface area contributed by atoms with Crippen molar-refractivity contribution in [2.24, 2.45) is 5.73 Å². The quantitative estimate of drug-likeness (QED) is 0.793. The molecule has 0 saturated heterocycles. The van der Waals surface area contributed by atoms with E-state index < -0.39 is 0 Å². The van der Waals surface area contributed by atoms with Crippen LogP contribution in [0.25, 0.3) is 0 Å². The van der Waals surface area contributed by atoms with E-state index in [-0.39, 0.29) is 0 Å². The average molecular weight is 306 g/mol. The topological polar surface area (TPSA) is 74.5 Å². The zero-order chi connectivity index (χ0) is 14.8. The van der Waals surface area contributed by atoms with Gasteiger partial charge < -0.3 is 10.3 Å². The van der Waals surface area contributed by atoms with Crippen LogP contribution >= 0.6 is 11.8 Å². The second-order valence-corrected chi connectivity index (χ2v) is 6.23. The fourth-order valence-corrected chi connectivity index (χ4v) is 3.46. The Hall–Kier alpha value is -1.34. The zero-order valence-electron chi connectivity index (χ0n) is 12.6. The molecule has 0 bridgehead atoms. The van der Waals surface area contributed by atoms with Crippen LogP contribution in [0.5, 0.6) is 0 Å². The Morgan fingerprint density at radius 1 is 1.33 bits per heavy atom. The third-order valence-electron chi connectivity index (χ3n) is 3.75. The number of nitrogens with two attached hydrogens (primary N) is 1. The average Bonchev–Trinajstić information content (AvgIpc) is 3.14. The molecule has 1 saturated carbocycles. The van der Waals surface area contributed by atoms with Gasteiger partial charge in [0.2, 0.25) is 0 Å². The summed E-state index contributed by atoms with van der Waals surface area (Å²) in [7, 11) is 0. The lowest BCUT2D eigenvalue weighted by molar-refractivity contribution is 0.620. The highest BCUT2D eigenvalue weighted by molar-refractivity contribution is 7.98. The van der Waals surface area contributed by atoms with E-state index in [0.29, 0.717) is 12.6 Å². The van der Waals surface area contributed by atoms with Gasteiger partial charge in [-0.1, -0.05) is 18.7 Å². The summed E-state index contributed by atoms with van der Waals surface area (Å²) in [4.78, 5) is 0. The lowest BCUT2D eigenvalue weighted by Crippen LogP contribution is -2.08. The van der Waals surface area contributed by atoms with Gasteiger partial charge in [-0.3, -0.25) is 4.68 Å². The molecule has 1 fully saturated rings. The van der Waals surface area contributed by atoms with Gasteiger partial charge in [-0.05, 0) is 32.3 Å². The van der Waals surface area contributed by atoms with Crippen LogP contribution in [0.15, 0.2) is 11.2 Å². The predicted octanol–water partition coefficient (Wildman–Crippen LogP) is 2.14. The largest absolute Gasteiger partial charge is 0.324 e. The molecule has 6 nitrogen and oxygen atoms in total. The van der Waals surface area contributed by atoms with E-state index in [1.165, 1.54) is 18.5 Å². The Labute approximate surface area is 129 Å². The van der Waals surface area contributed by atoms with Crippen molar-refractivity contribution in [3.63, 3.8) is 0 Å². The number of thioether (sulfide) groups is 1. The molecule has 0 aromatic carbocycles. The van der Waals surface area contributed by atoms with Gasteiger partial charge in [-0.2, -0.15) is 5.10 Å². The summed E-state index contributed by atoms with van der Waals surface area (Å²) in [6.07, 6.45) is 3.40. The van der Waals surface area contributed by atoms with E-state index in [2.05, 4.69) is 44.5 Å². The van der Waals surface area contributed by atoms with Crippen molar-refractivity contribution in [3.05, 3.63) is 23.3 Å². The van der Waals surface area contributed by atoms with Crippen molar-refractivity contribution >= 4 is 11.8 Å². The zero-order valence-corrected chi connectivity index (χ0v) is 13.4. The van der Waals surface area contributed by atoms with Crippen LogP contribution in [-0.4, -0.2) is 24.5 Å². The Kier molecular flexibility index (Phi) is 4.30. The number of hydrogen-bond donors (Lipinski definition) is 1. The van der Waals surface area contributed by atoms with Crippen LogP contribution in [0, 0.1) is 0 Å². The molecule has 21 heavy (non-hydrogen) atoms. The van der Waals surface area contributed by atoms with Gasteiger partial charge in [0.05, 0.1) is 12.2 Å². The van der Waals surface area contributed by atoms with Gasteiger partial charge in [-0.25, -0.2) is 0 Å². The standard InChI is InChI=1S/C14H22N6S/c1-3-10-7-12(19(4-2)18-10)9-21-14-17-16-13(8-15)20(14)11-5-6-11/h7,11H,3-6,8-9,15H2,1-2H3. The first kappa shape index (κ1) is 14.6. The molecule has 3 rings (SSSR count). The summed E-state index contributed by atoms with van der Waals surface area (Å²) in [5, 5.41) is 14.1. The molecule has 0 spiro atoms. The summed E-state index contributed by atoms with van der Waals surface area (Å²) in [5.74, 6) is 1.77. The number of rotatable bonds is 7. The molecule has 0 unspecified atom stereocenters. The first-order chi connectivity index (χ1) is 10.3. The van der Waals surface area contributed by atoms with Gasteiger partial charge >= 0.3 is 0 Å². The molecule has 0 atom stereocenters. The molecule has 0 radical (unpaired) electrons. The molecule has 2 N–H and O–H groups in total. The molecular formula is C14H22N6S. The third kappa shape index (κ3) is 2.98. The number of hydrogen-bond acceptors (Lipinski definition) is 5. The van der Waals surface area contributed by atoms with Crippen LogP contribution in [0.4, 0.5) is 0 Å². The summed E-state index contributed by atoms with van der Waals surface area (Å²) in [6, 6.07) is 2.75. The van der Waals surface area contributed by atoms with E-state index in [1.807, 2.05) is 0 Å². The predicted molar refractivity (Wildman–Crippen MR) is 83.0 cm³/mol. The van der Waals surface area contributed by atoms with Crippen molar-refractivity contribution in [2.75, 3.05) is 0 Å². The normalized spacial score (nSPS) is 14.8. The van der Waals surface area contributed by atoms with Crippen molar-refractivity contribution < 1.29 is 0 Å². The molecule has 2 aromatic heterocycles. The van der Waals surface area contributed by atoms with Gasteiger partial charge in [0.15, 0.2) is 5.16 Å². The maximum absolute atomic E-state index is 5.76. The van der Waals surface area contributed by atoms with Gasteiger partial charge in [-0.15, -0.1) is 10.2 Å². The SMILES string of the molecule is CCc1cc(CSc2nnc(CN)n2C2CC2)n(CC)n1. The van der Waals surface area contributed by atoms with Gasteiger partial charge in [0, 0.05) is 24.0 Å². The van der Waals surface area contributed by atoms with E-state index in [1.54, 1.807) is 11.8 Å².